The lowest BCUT2D eigenvalue weighted by molar-refractivity contribution is -0.173. The highest BCUT2D eigenvalue weighted by Crippen LogP contribution is 2.25. The van der Waals surface area contributed by atoms with E-state index in [0.29, 0.717) is 18.2 Å². The Morgan fingerprint density at radius 3 is 2.73 bits per heavy atom. The molecule has 0 spiro atoms. The minimum absolute atomic E-state index is 0. The summed E-state index contributed by atoms with van der Waals surface area (Å²) in [7, 11) is 0. The third-order valence-electron chi connectivity index (χ3n) is 2.84. The van der Waals surface area contributed by atoms with Crippen LogP contribution in [0.15, 0.2) is 4.99 Å². The maximum Gasteiger partial charge on any atom is 0.411 e. The largest absolute Gasteiger partial charge is 0.411 e. The zero-order valence-electron chi connectivity index (χ0n) is 12.7. The minimum atomic E-state index is -4.25. The van der Waals surface area contributed by atoms with E-state index in [1.165, 1.54) is 18.6 Å². The maximum atomic E-state index is 11.9. The fourth-order valence-electron chi connectivity index (χ4n) is 1.89. The third kappa shape index (κ3) is 11.6. The van der Waals surface area contributed by atoms with Crippen LogP contribution in [0.3, 0.4) is 0 Å². The first-order valence-electron chi connectivity index (χ1n) is 7.29. The molecular formula is C13H25F3IN3OS. The first-order chi connectivity index (χ1) is 10.0. The summed E-state index contributed by atoms with van der Waals surface area (Å²) < 4.78 is 40.2. The van der Waals surface area contributed by atoms with Gasteiger partial charge in [-0.3, -0.25) is 4.99 Å². The van der Waals surface area contributed by atoms with Crippen molar-refractivity contribution in [1.82, 2.24) is 10.6 Å². The molecule has 132 valence electrons. The van der Waals surface area contributed by atoms with E-state index in [4.69, 9.17) is 0 Å². The molecule has 1 heterocycles. The smallest absolute Gasteiger partial charge is 0.372 e. The molecule has 1 fully saturated rings. The number of aliphatic imine (C=N–C) groups is 1. The predicted octanol–water partition coefficient (Wildman–Crippen LogP) is 3.02. The van der Waals surface area contributed by atoms with E-state index in [9.17, 15) is 13.2 Å². The summed E-state index contributed by atoms with van der Waals surface area (Å²) in [5, 5.41) is 6.83. The van der Waals surface area contributed by atoms with Gasteiger partial charge in [-0.2, -0.15) is 24.9 Å². The standard InChI is InChI=1S/C13H24F3N3OS.HI/c1-2-17-12(19-9-11-5-3-8-21-11)18-6-4-7-20-10-13(14,15)16;/h11H,2-10H2,1H3,(H2,17,18,19);1H. The fourth-order valence-corrected chi connectivity index (χ4v) is 3.07. The average Bonchev–Trinajstić information content (AvgIpc) is 2.91. The number of guanidine groups is 1. The van der Waals surface area contributed by atoms with E-state index in [0.717, 1.165) is 19.0 Å². The number of hydrogen-bond acceptors (Lipinski definition) is 3. The molecule has 0 radical (unpaired) electrons. The highest BCUT2D eigenvalue weighted by atomic mass is 127. The van der Waals surface area contributed by atoms with Crippen molar-refractivity contribution >= 4 is 41.7 Å². The minimum Gasteiger partial charge on any atom is -0.372 e. The summed E-state index contributed by atoms with van der Waals surface area (Å²) >= 11 is 1.95. The van der Waals surface area contributed by atoms with E-state index in [2.05, 4.69) is 20.4 Å². The van der Waals surface area contributed by atoms with Crippen molar-refractivity contribution in [1.29, 1.82) is 0 Å². The quantitative estimate of drug-likeness (QED) is 0.256. The molecule has 9 heteroatoms. The van der Waals surface area contributed by atoms with Crippen LogP contribution in [0.4, 0.5) is 13.2 Å². The van der Waals surface area contributed by atoms with Crippen LogP contribution in [0.5, 0.6) is 0 Å². The molecule has 1 saturated heterocycles. The molecule has 1 aliphatic heterocycles. The first kappa shape index (κ1) is 22.1. The lowest BCUT2D eigenvalue weighted by Crippen LogP contribution is -2.38. The average molecular weight is 455 g/mol. The van der Waals surface area contributed by atoms with E-state index in [-0.39, 0.29) is 30.6 Å². The van der Waals surface area contributed by atoms with Gasteiger partial charge in [-0.15, -0.1) is 24.0 Å². The van der Waals surface area contributed by atoms with Gasteiger partial charge >= 0.3 is 6.18 Å². The monoisotopic (exact) mass is 455 g/mol. The van der Waals surface area contributed by atoms with Crippen LogP contribution in [0.1, 0.15) is 26.2 Å². The molecule has 1 unspecified atom stereocenters. The Bertz CT molecular complexity index is 313. The lowest BCUT2D eigenvalue weighted by atomic mass is 10.2. The second-order valence-electron chi connectivity index (χ2n) is 4.80. The normalized spacial score (nSPS) is 18.9. The van der Waals surface area contributed by atoms with Gasteiger partial charge in [0.15, 0.2) is 5.96 Å². The number of hydrogen-bond donors (Lipinski definition) is 2. The number of ether oxygens (including phenoxy) is 1. The molecule has 0 bridgehead atoms. The second kappa shape index (κ2) is 12.5. The van der Waals surface area contributed by atoms with Gasteiger partial charge in [-0.05, 0) is 31.9 Å². The first-order valence-corrected chi connectivity index (χ1v) is 8.34. The molecule has 0 aromatic heterocycles. The number of thioether (sulfide) groups is 1. The van der Waals surface area contributed by atoms with Crippen molar-refractivity contribution in [3.05, 3.63) is 0 Å². The van der Waals surface area contributed by atoms with Gasteiger partial charge in [0.25, 0.3) is 0 Å². The number of nitrogens with zero attached hydrogens (tertiary/aromatic N) is 1. The van der Waals surface area contributed by atoms with Gasteiger partial charge in [0, 0.05) is 24.9 Å². The van der Waals surface area contributed by atoms with Crippen LogP contribution in [-0.2, 0) is 4.74 Å². The summed E-state index contributed by atoms with van der Waals surface area (Å²) in [4.78, 5) is 4.51. The molecule has 1 atom stereocenters. The Hall–Kier alpha value is 0.1000. The molecule has 22 heavy (non-hydrogen) atoms. The molecule has 1 aliphatic rings. The van der Waals surface area contributed by atoms with Crippen LogP contribution in [0.25, 0.3) is 0 Å². The van der Waals surface area contributed by atoms with Gasteiger partial charge in [0.2, 0.25) is 0 Å². The Kier molecular flexibility index (Phi) is 12.6. The zero-order chi connectivity index (χ0) is 15.6. The Morgan fingerprint density at radius 1 is 1.36 bits per heavy atom. The van der Waals surface area contributed by atoms with Crippen LogP contribution < -0.4 is 10.6 Å². The van der Waals surface area contributed by atoms with E-state index >= 15 is 0 Å². The molecule has 0 aromatic carbocycles. The Balaban J connectivity index is 0.00000441. The van der Waals surface area contributed by atoms with Crippen LogP contribution >= 0.6 is 35.7 Å². The number of halogens is 4. The van der Waals surface area contributed by atoms with E-state index < -0.39 is 12.8 Å². The molecule has 0 amide bonds. The van der Waals surface area contributed by atoms with Crippen molar-refractivity contribution in [3.8, 4) is 0 Å². The van der Waals surface area contributed by atoms with Crippen molar-refractivity contribution < 1.29 is 17.9 Å². The van der Waals surface area contributed by atoms with Gasteiger partial charge in [-0.1, -0.05) is 0 Å². The summed E-state index contributed by atoms with van der Waals surface area (Å²) in [6, 6.07) is 0. The number of nitrogens with one attached hydrogen (secondary N) is 2. The van der Waals surface area contributed by atoms with Gasteiger partial charge in [0.1, 0.15) is 6.61 Å². The van der Waals surface area contributed by atoms with Gasteiger partial charge < -0.3 is 15.4 Å². The molecule has 4 nitrogen and oxygen atoms in total. The highest BCUT2D eigenvalue weighted by molar-refractivity contribution is 14.0. The summed E-state index contributed by atoms with van der Waals surface area (Å²) in [6.07, 6.45) is -1.27. The predicted molar refractivity (Wildman–Crippen MR) is 96.4 cm³/mol. The molecule has 0 saturated carbocycles. The van der Waals surface area contributed by atoms with E-state index in [1.54, 1.807) is 0 Å². The number of rotatable bonds is 8. The van der Waals surface area contributed by atoms with Gasteiger partial charge in [0.05, 0.1) is 6.54 Å². The summed E-state index contributed by atoms with van der Waals surface area (Å²) in [5.74, 6) is 1.93. The van der Waals surface area contributed by atoms with Crippen molar-refractivity contribution in [2.45, 2.75) is 37.6 Å². The second-order valence-corrected chi connectivity index (χ2v) is 6.21. The van der Waals surface area contributed by atoms with Gasteiger partial charge in [-0.25, -0.2) is 0 Å². The molecule has 1 rings (SSSR count). The fraction of sp³-hybridized carbons (Fsp3) is 0.923. The highest BCUT2D eigenvalue weighted by Gasteiger charge is 2.27. The SMILES string of the molecule is CCNC(=NCC1CCCS1)NCCCOCC(F)(F)F.I. The van der Waals surface area contributed by atoms with Crippen LogP contribution in [0.2, 0.25) is 0 Å². The van der Waals surface area contributed by atoms with Crippen molar-refractivity contribution in [2.24, 2.45) is 4.99 Å². The third-order valence-corrected chi connectivity index (χ3v) is 4.23. The molecule has 2 N–H and O–H groups in total. The Labute approximate surface area is 151 Å². The van der Waals surface area contributed by atoms with Crippen molar-refractivity contribution in [3.63, 3.8) is 0 Å². The zero-order valence-corrected chi connectivity index (χ0v) is 15.9. The molecular weight excluding hydrogens is 430 g/mol. The molecule has 0 aromatic rings. The topological polar surface area (TPSA) is 45.7 Å². The lowest BCUT2D eigenvalue weighted by Gasteiger charge is -2.13. The van der Waals surface area contributed by atoms with Crippen molar-refractivity contribution in [2.75, 3.05) is 38.6 Å². The van der Waals surface area contributed by atoms with Crippen LogP contribution in [0, 0.1) is 0 Å². The number of alkyl halides is 3. The van der Waals surface area contributed by atoms with Crippen LogP contribution in [-0.4, -0.2) is 56.0 Å². The molecule has 0 aliphatic carbocycles. The summed E-state index contributed by atoms with van der Waals surface area (Å²) in [5.41, 5.74) is 0. The maximum absolute atomic E-state index is 11.9. The van der Waals surface area contributed by atoms with E-state index in [1.807, 2.05) is 18.7 Å². The summed E-state index contributed by atoms with van der Waals surface area (Å²) in [6.45, 7) is 2.97. The Morgan fingerprint density at radius 2 is 2.14 bits per heavy atom.